The van der Waals surface area contributed by atoms with Crippen molar-refractivity contribution < 1.29 is 9.59 Å². The maximum absolute atomic E-state index is 12.5. The van der Waals surface area contributed by atoms with Crippen molar-refractivity contribution in [1.82, 2.24) is 10.6 Å². The van der Waals surface area contributed by atoms with Gasteiger partial charge in [0.05, 0.1) is 0 Å². The van der Waals surface area contributed by atoms with Crippen LogP contribution in [0.5, 0.6) is 0 Å². The molecule has 1 aliphatic rings. The maximum Gasteiger partial charge on any atom is 0.319 e. The molecule has 2 atom stereocenters. The Bertz CT molecular complexity index is 569. The van der Waals surface area contributed by atoms with E-state index in [2.05, 4.69) is 22.9 Å². The van der Waals surface area contributed by atoms with Gasteiger partial charge in [0.25, 0.3) is 5.91 Å². The Morgan fingerprint density at radius 3 is 2.52 bits per heavy atom. The molecular weight excluding hydrogens is 314 g/mol. The summed E-state index contributed by atoms with van der Waals surface area (Å²) in [6, 6.07) is 7.19. The van der Waals surface area contributed by atoms with Crippen LogP contribution >= 0.6 is 0 Å². The molecule has 0 bridgehead atoms. The van der Waals surface area contributed by atoms with E-state index < -0.39 is 0 Å². The Kier molecular flexibility index (Phi) is 7.29. The number of anilines is 1. The summed E-state index contributed by atoms with van der Waals surface area (Å²) in [5.41, 5.74) is 1.31. The lowest BCUT2D eigenvalue weighted by Gasteiger charge is -2.21. The molecule has 1 saturated carbocycles. The van der Waals surface area contributed by atoms with Gasteiger partial charge in [-0.25, -0.2) is 4.79 Å². The number of amides is 3. The van der Waals surface area contributed by atoms with E-state index in [0.29, 0.717) is 23.2 Å². The highest BCUT2D eigenvalue weighted by Gasteiger charge is 2.28. The Balaban J connectivity index is 1.88. The minimum Gasteiger partial charge on any atom is -0.349 e. The van der Waals surface area contributed by atoms with Crippen LogP contribution in [0.4, 0.5) is 10.5 Å². The zero-order valence-corrected chi connectivity index (χ0v) is 15.6. The molecule has 3 amide bonds. The summed E-state index contributed by atoms with van der Waals surface area (Å²) >= 11 is 0. The second-order valence-electron chi connectivity index (χ2n) is 7.24. The average Bonchev–Trinajstić information content (AvgIpc) is 2.99. The van der Waals surface area contributed by atoms with Gasteiger partial charge in [-0.3, -0.25) is 4.79 Å². The fourth-order valence-electron chi connectivity index (χ4n) is 3.42. The fraction of sp³-hybridized carbons (Fsp3) is 0.600. The SMILES string of the molecule is CCCCC1CCCC1NC(=O)c1ccc(NC(=O)NC(C)C)cc1. The van der Waals surface area contributed by atoms with E-state index in [1.807, 2.05) is 13.8 Å². The number of hydrogen-bond acceptors (Lipinski definition) is 2. The monoisotopic (exact) mass is 345 g/mol. The molecule has 0 aromatic heterocycles. The van der Waals surface area contributed by atoms with Gasteiger partial charge in [0.2, 0.25) is 0 Å². The van der Waals surface area contributed by atoms with Gasteiger partial charge in [-0.15, -0.1) is 0 Å². The van der Waals surface area contributed by atoms with Gasteiger partial charge in [0.1, 0.15) is 0 Å². The van der Waals surface area contributed by atoms with Crippen molar-refractivity contribution in [3.8, 4) is 0 Å². The zero-order valence-electron chi connectivity index (χ0n) is 15.6. The van der Waals surface area contributed by atoms with Crippen molar-refractivity contribution in [2.75, 3.05) is 5.32 Å². The van der Waals surface area contributed by atoms with Gasteiger partial charge in [-0.1, -0.05) is 26.2 Å². The third-order valence-corrected chi connectivity index (χ3v) is 4.73. The Morgan fingerprint density at radius 1 is 1.16 bits per heavy atom. The molecule has 2 rings (SSSR count). The summed E-state index contributed by atoms with van der Waals surface area (Å²) in [6.07, 6.45) is 7.14. The Labute approximate surface area is 151 Å². The van der Waals surface area contributed by atoms with Gasteiger partial charge >= 0.3 is 6.03 Å². The largest absolute Gasteiger partial charge is 0.349 e. The average molecular weight is 345 g/mol. The van der Waals surface area contributed by atoms with E-state index in [9.17, 15) is 9.59 Å². The molecule has 25 heavy (non-hydrogen) atoms. The number of benzene rings is 1. The molecule has 2 unspecified atom stereocenters. The number of rotatable bonds is 7. The van der Waals surface area contributed by atoms with Crippen molar-refractivity contribution in [2.45, 2.75) is 71.4 Å². The first-order valence-electron chi connectivity index (χ1n) is 9.48. The van der Waals surface area contributed by atoms with E-state index in [0.717, 1.165) is 6.42 Å². The molecule has 5 heteroatoms. The molecule has 0 spiro atoms. The van der Waals surface area contributed by atoms with Gasteiger partial charge < -0.3 is 16.0 Å². The van der Waals surface area contributed by atoms with E-state index in [4.69, 9.17) is 0 Å². The molecule has 138 valence electrons. The van der Waals surface area contributed by atoms with Crippen LogP contribution in [0.1, 0.15) is 69.7 Å². The van der Waals surface area contributed by atoms with E-state index in [1.165, 1.54) is 32.1 Å². The Hall–Kier alpha value is -2.04. The lowest BCUT2D eigenvalue weighted by atomic mass is 9.96. The molecule has 0 heterocycles. The zero-order chi connectivity index (χ0) is 18.2. The van der Waals surface area contributed by atoms with Crippen LogP contribution in [0.2, 0.25) is 0 Å². The van der Waals surface area contributed by atoms with Crippen molar-refractivity contribution >= 4 is 17.6 Å². The van der Waals surface area contributed by atoms with Gasteiger partial charge in [0, 0.05) is 23.3 Å². The molecule has 1 aliphatic carbocycles. The first-order valence-corrected chi connectivity index (χ1v) is 9.48. The smallest absolute Gasteiger partial charge is 0.319 e. The topological polar surface area (TPSA) is 70.2 Å². The first-order chi connectivity index (χ1) is 12.0. The predicted octanol–water partition coefficient (Wildman–Crippen LogP) is 4.31. The van der Waals surface area contributed by atoms with Gasteiger partial charge in [-0.2, -0.15) is 0 Å². The highest BCUT2D eigenvalue weighted by molar-refractivity contribution is 5.95. The number of hydrogen-bond donors (Lipinski definition) is 3. The fourth-order valence-corrected chi connectivity index (χ4v) is 3.42. The van der Waals surface area contributed by atoms with E-state index in [-0.39, 0.29) is 18.0 Å². The van der Waals surface area contributed by atoms with Crippen molar-refractivity contribution in [3.05, 3.63) is 29.8 Å². The third-order valence-electron chi connectivity index (χ3n) is 4.73. The molecule has 1 aromatic rings. The summed E-state index contributed by atoms with van der Waals surface area (Å²) in [5.74, 6) is 0.594. The molecular formula is C20H31N3O2. The molecule has 0 saturated heterocycles. The normalized spacial score (nSPS) is 19.7. The standard InChI is InChI=1S/C20H31N3O2/c1-4-5-7-15-8-6-9-18(15)23-19(24)16-10-12-17(13-11-16)22-20(25)21-14(2)3/h10-15,18H,4-9H2,1-3H3,(H,23,24)(H2,21,22,25). The molecule has 1 fully saturated rings. The second-order valence-corrected chi connectivity index (χ2v) is 7.24. The highest BCUT2D eigenvalue weighted by atomic mass is 16.2. The quantitative estimate of drug-likeness (QED) is 0.689. The van der Waals surface area contributed by atoms with Crippen LogP contribution in [-0.4, -0.2) is 24.0 Å². The summed E-state index contributed by atoms with van der Waals surface area (Å²) < 4.78 is 0. The Morgan fingerprint density at radius 2 is 1.88 bits per heavy atom. The first kappa shape index (κ1) is 19.3. The lowest BCUT2D eigenvalue weighted by molar-refractivity contribution is 0.0926. The molecule has 1 aromatic carbocycles. The van der Waals surface area contributed by atoms with Crippen LogP contribution in [0, 0.1) is 5.92 Å². The highest BCUT2D eigenvalue weighted by Crippen LogP contribution is 2.30. The summed E-state index contributed by atoms with van der Waals surface area (Å²) in [7, 11) is 0. The molecule has 3 N–H and O–H groups in total. The number of nitrogens with one attached hydrogen (secondary N) is 3. The van der Waals surface area contributed by atoms with Crippen LogP contribution in [0.3, 0.4) is 0 Å². The van der Waals surface area contributed by atoms with Crippen molar-refractivity contribution in [1.29, 1.82) is 0 Å². The maximum atomic E-state index is 12.5. The van der Waals surface area contributed by atoms with Gasteiger partial charge in [-0.05, 0) is 63.3 Å². The number of urea groups is 1. The summed E-state index contributed by atoms with van der Waals surface area (Å²) in [4.78, 5) is 24.2. The van der Waals surface area contributed by atoms with Crippen LogP contribution < -0.4 is 16.0 Å². The predicted molar refractivity (Wildman–Crippen MR) is 102 cm³/mol. The number of unbranched alkanes of at least 4 members (excludes halogenated alkanes) is 1. The molecule has 5 nitrogen and oxygen atoms in total. The molecule has 0 aliphatic heterocycles. The van der Waals surface area contributed by atoms with Crippen LogP contribution in [0.15, 0.2) is 24.3 Å². The number of carbonyl (C=O) groups is 2. The van der Waals surface area contributed by atoms with Crippen molar-refractivity contribution in [2.24, 2.45) is 5.92 Å². The number of carbonyl (C=O) groups excluding carboxylic acids is 2. The van der Waals surface area contributed by atoms with Crippen molar-refractivity contribution in [3.63, 3.8) is 0 Å². The van der Waals surface area contributed by atoms with E-state index >= 15 is 0 Å². The lowest BCUT2D eigenvalue weighted by Crippen LogP contribution is -2.37. The summed E-state index contributed by atoms with van der Waals surface area (Å²) in [5, 5.41) is 8.73. The third kappa shape index (κ3) is 6.07. The second kappa shape index (κ2) is 9.44. The van der Waals surface area contributed by atoms with Crippen LogP contribution in [0.25, 0.3) is 0 Å². The van der Waals surface area contributed by atoms with Crippen LogP contribution in [-0.2, 0) is 0 Å². The minimum atomic E-state index is -0.239. The van der Waals surface area contributed by atoms with Gasteiger partial charge in [0.15, 0.2) is 0 Å². The molecule has 0 radical (unpaired) electrons. The minimum absolute atomic E-state index is 0.0217. The summed E-state index contributed by atoms with van der Waals surface area (Å²) in [6.45, 7) is 6.02. The van der Waals surface area contributed by atoms with E-state index in [1.54, 1.807) is 24.3 Å².